The Kier molecular flexibility index (Phi) is 5.68. The number of phenols is 1. The molecular formula is C20H22N4O2S2. The Morgan fingerprint density at radius 3 is 2.82 bits per heavy atom. The van der Waals surface area contributed by atoms with Crippen molar-refractivity contribution in [3.8, 4) is 5.75 Å². The summed E-state index contributed by atoms with van der Waals surface area (Å²) in [5.74, 6) is 0.478. The number of phenolic OH excluding ortho intramolecular Hbond substituents is 1. The number of aromatic amines is 1. The number of hydrogen-bond acceptors (Lipinski definition) is 6. The Balaban J connectivity index is 1.32. The Labute approximate surface area is 171 Å². The van der Waals surface area contributed by atoms with Crippen LogP contribution >= 0.6 is 23.1 Å². The molecule has 4 rings (SSSR count). The van der Waals surface area contributed by atoms with E-state index in [2.05, 4.69) is 20.3 Å². The molecule has 6 nitrogen and oxygen atoms in total. The minimum absolute atomic E-state index is 0.0646. The van der Waals surface area contributed by atoms with Crippen LogP contribution in [0.2, 0.25) is 0 Å². The number of anilines is 1. The maximum absolute atomic E-state index is 12.3. The van der Waals surface area contributed by atoms with Gasteiger partial charge in [-0.1, -0.05) is 23.9 Å². The minimum atomic E-state index is -0.0646. The minimum Gasteiger partial charge on any atom is -0.508 e. The number of benzene rings is 1. The number of thiazole rings is 1. The number of imidazole rings is 1. The lowest BCUT2D eigenvalue weighted by Crippen LogP contribution is -2.14. The molecule has 0 atom stereocenters. The Hall–Kier alpha value is -2.32. The average molecular weight is 415 g/mol. The summed E-state index contributed by atoms with van der Waals surface area (Å²) in [6, 6.07) is 7.12. The Morgan fingerprint density at radius 2 is 2.04 bits per heavy atom. The van der Waals surface area contributed by atoms with Crippen molar-refractivity contribution in [3.63, 3.8) is 0 Å². The van der Waals surface area contributed by atoms with Crippen molar-refractivity contribution in [1.82, 2.24) is 15.0 Å². The van der Waals surface area contributed by atoms with Gasteiger partial charge in [0.05, 0.1) is 17.1 Å². The van der Waals surface area contributed by atoms with Crippen LogP contribution in [0.15, 0.2) is 29.4 Å². The van der Waals surface area contributed by atoms with Gasteiger partial charge in [-0.05, 0) is 50.3 Å². The fraction of sp³-hybridized carbons (Fsp3) is 0.350. The predicted octanol–water partition coefficient (Wildman–Crippen LogP) is 4.08. The topological polar surface area (TPSA) is 90.9 Å². The van der Waals surface area contributed by atoms with E-state index in [1.807, 2.05) is 19.1 Å². The molecule has 1 aliphatic carbocycles. The molecule has 0 saturated carbocycles. The zero-order valence-electron chi connectivity index (χ0n) is 15.6. The number of fused-ring (bicyclic) bond motifs is 1. The molecule has 3 aromatic rings. The highest BCUT2D eigenvalue weighted by Crippen LogP contribution is 2.29. The molecular weight excluding hydrogens is 392 g/mol. The molecule has 1 amide bonds. The van der Waals surface area contributed by atoms with E-state index in [9.17, 15) is 9.90 Å². The largest absolute Gasteiger partial charge is 0.508 e. The number of amides is 1. The molecule has 146 valence electrons. The van der Waals surface area contributed by atoms with Crippen molar-refractivity contribution in [2.45, 2.75) is 44.2 Å². The standard InChI is InChI=1S/C20H22N4O2S2/c1-12-16(10-13-6-8-14(25)9-7-13)23-19(21-12)27-11-18(26)24-20-22-15-4-2-3-5-17(15)28-20/h6-9,25H,2-5,10-11H2,1H3,(H,21,23)(H,22,24,26). The van der Waals surface area contributed by atoms with Gasteiger partial charge in [-0.25, -0.2) is 9.97 Å². The summed E-state index contributed by atoms with van der Waals surface area (Å²) >= 11 is 2.99. The monoisotopic (exact) mass is 414 g/mol. The third-order valence-corrected chi connectivity index (χ3v) is 6.65. The van der Waals surface area contributed by atoms with Crippen LogP contribution in [-0.4, -0.2) is 31.7 Å². The van der Waals surface area contributed by atoms with Crippen molar-refractivity contribution in [1.29, 1.82) is 0 Å². The molecule has 3 N–H and O–H groups in total. The van der Waals surface area contributed by atoms with Gasteiger partial charge >= 0.3 is 0 Å². The lowest BCUT2D eigenvalue weighted by atomic mass is 10.0. The van der Waals surface area contributed by atoms with Gasteiger partial charge in [0.15, 0.2) is 10.3 Å². The molecule has 2 heterocycles. The van der Waals surface area contributed by atoms with E-state index in [0.29, 0.717) is 11.6 Å². The fourth-order valence-electron chi connectivity index (χ4n) is 3.21. The van der Waals surface area contributed by atoms with Gasteiger partial charge in [0.1, 0.15) is 5.75 Å². The number of thioether (sulfide) groups is 1. The maximum atomic E-state index is 12.3. The average Bonchev–Trinajstić information content (AvgIpc) is 3.24. The SMILES string of the molecule is Cc1[nH]c(SCC(=O)Nc2nc3c(s2)CCCC3)nc1Cc1ccc(O)cc1. The number of carbonyl (C=O) groups excluding carboxylic acids is 1. The van der Waals surface area contributed by atoms with Gasteiger partial charge in [-0.3, -0.25) is 4.79 Å². The molecule has 2 aromatic heterocycles. The van der Waals surface area contributed by atoms with Crippen molar-refractivity contribution < 1.29 is 9.90 Å². The molecule has 28 heavy (non-hydrogen) atoms. The van der Waals surface area contributed by atoms with E-state index in [0.717, 1.165) is 40.6 Å². The highest BCUT2D eigenvalue weighted by atomic mass is 32.2. The number of aromatic nitrogens is 3. The summed E-state index contributed by atoms with van der Waals surface area (Å²) in [6.07, 6.45) is 5.17. The highest BCUT2D eigenvalue weighted by Gasteiger charge is 2.17. The number of hydrogen-bond donors (Lipinski definition) is 3. The quantitative estimate of drug-likeness (QED) is 0.529. The van der Waals surface area contributed by atoms with E-state index >= 15 is 0 Å². The first kappa shape index (κ1) is 19.0. The second-order valence-corrected chi connectivity index (χ2v) is 8.94. The molecule has 0 fully saturated rings. The second-order valence-electron chi connectivity index (χ2n) is 6.89. The number of rotatable bonds is 6. The molecule has 1 aromatic carbocycles. The number of nitrogens with zero attached hydrogens (tertiary/aromatic N) is 2. The summed E-state index contributed by atoms with van der Waals surface area (Å²) in [5.41, 5.74) is 4.17. The molecule has 0 radical (unpaired) electrons. The molecule has 0 saturated heterocycles. The maximum Gasteiger partial charge on any atom is 0.236 e. The van der Waals surface area contributed by atoms with Gasteiger partial charge in [0, 0.05) is 17.0 Å². The third kappa shape index (κ3) is 4.56. The van der Waals surface area contributed by atoms with Crippen molar-refractivity contribution >= 4 is 34.1 Å². The molecule has 8 heteroatoms. The van der Waals surface area contributed by atoms with E-state index in [-0.39, 0.29) is 17.4 Å². The molecule has 0 aliphatic heterocycles. The van der Waals surface area contributed by atoms with E-state index in [1.165, 1.54) is 29.5 Å². The fourth-order valence-corrected chi connectivity index (χ4v) is 5.02. The van der Waals surface area contributed by atoms with Gasteiger partial charge in [-0.2, -0.15) is 0 Å². The summed E-state index contributed by atoms with van der Waals surface area (Å²) in [6.45, 7) is 1.98. The lowest BCUT2D eigenvalue weighted by Gasteiger charge is -2.06. The first-order valence-corrected chi connectivity index (χ1v) is 11.1. The van der Waals surface area contributed by atoms with E-state index in [4.69, 9.17) is 0 Å². The van der Waals surface area contributed by atoms with Crippen molar-refractivity contribution in [2.75, 3.05) is 11.1 Å². The molecule has 0 spiro atoms. The van der Waals surface area contributed by atoms with Gasteiger partial charge in [-0.15, -0.1) is 11.3 Å². The van der Waals surface area contributed by atoms with Crippen molar-refractivity contribution in [3.05, 3.63) is 51.8 Å². The smallest absolute Gasteiger partial charge is 0.236 e. The van der Waals surface area contributed by atoms with Crippen LogP contribution in [0.5, 0.6) is 5.75 Å². The first-order chi connectivity index (χ1) is 13.6. The zero-order chi connectivity index (χ0) is 19.5. The molecule has 0 bridgehead atoms. The number of carbonyl (C=O) groups is 1. The Morgan fingerprint density at radius 1 is 1.25 bits per heavy atom. The third-order valence-electron chi connectivity index (χ3n) is 4.70. The highest BCUT2D eigenvalue weighted by molar-refractivity contribution is 7.99. The van der Waals surface area contributed by atoms with Crippen LogP contribution in [0.1, 0.15) is 40.4 Å². The van der Waals surface area contributed by atoms with Crippen LogP contribution in [0, 0.1) is 6.92 Å². The van der Waals surface area contributed by atoms with Gasteiger partial charge in [0.25, 0.3) is 0 Å². The van der Waals surface area contributed by atoms with Crippen LogP contribution in [0.3, 0.4) is 0 Å². The van der Waals surface area contributed by atoms with Crippen LogP contribution in [0.25, 0.3) is 0 Å². The first-order valence-electron chi connectivity index (χ1n) is 9.31. The normalized spacial score (nSPS) is 13.3. The molecule has 0 unspecified atom stereocenters. The number of aryl methyl sites for hydroxylation is 3. The summed E-state index contributed by atoms with van der Waals surface area (Å²) in [7, 11) is 0. The number of H-pyrrole nitrogens is 1. The Bertz CT molecular complexity index is 955. The van der Waals surface area contributed by atoms with E-state index < -0.39 is 0 Å². The van der Waals surface area contributed by atoms with Crippen LogP contribution in [0.4, 0.5) is 5.13 Å². The van der Waals surface area contributed by atoms with Crippen LogP contribution < -0.4 is 5.32 Å². The van der Waals surface area contributed by atoms with Crippen LogP contribution in [-0.2, 0) is 24.1 Å². The van der Waals surface area contributed by atoms with Gasteiger partial charge < -0.3 is 15.4 Å². The summed E-state index contributed by atoms with van der Waals surface area (Å²) in [4.78, 5) is 26.0. The predicted molar refractivity (Wildman–Crippen MR) is 112 cm³/mol. The summed E-state index contributed by atoms with van der Waals surface area (Å²) in [5, 5.41) is 13.8. The van der Waals surface area contributed by atoms with E-state index in [1.54, 1.807) is 23.5 Å². The summed E-state index contributed by atoms with van der Waals surface area (Å²) < 4.78 is 0. The van der Waals surface area contributed by atoms with Crippen molar-refractivity contribution in [2.24, 2.45) is 0 Å². The van der Waals surface area contributed by atoms with Gasteiger partial charge in [0.2, 0.25) is 5.91 Å². The zero-order valence-corrected chi connectivity index (χ0v) is 17.3. The molecule has 1 aliphatic rings. The second kappa shape index (κ2) is 8.36. The number of aromatic hydroxyl groups is 1. The lowest BCUT2D eigenvalue weighted by molar-refractivity contribution is -0.113. The number of nitrogens with one attached hydrogen (secondary N) is 2.